The van der Waals surface area contributed by atoms with Gasteiger partial charge >= 0.3 is 0 Å². The lowest BCUT2D eigenvalue weighted by Gasteiger charge is -2.16. The van der Waals surface area contributed by atoms with Gasteiger partial charge in [0.1, 0.15) is 28.6 Å². The molecule has 222 valence electrons. The van der Waals surface area contributed by atoms with E-state index >= 15 is 0 Å². The van der Waals surface area contributed by atoms with Gasteiger partial charge in [-0.3, -0.25) is 14.6 Å². The molecule has 0 unspecified atom stereocenters. The average molecular weight is 613 g/mol. The van der Waals surface area contributed by atoms with E-state index in [9.17, 15) is 14.0 Å². The van der Waals surface area contributed by atoms with Crippen LogP contribution in [0.2, 0.25) is 5.02 Å². The molecule has 2 amide bonds. The Labute approximate surface area is 257 Å². The van der Waals surface area contributed by atoms with Crippen LogP contribution in [-0.2, 0) is 16.2 Å². The molecule has 0 atom stereocenters. The van der Waals surface area contributed by atoms with E-state index < -0.39 is 23.0 Å². The third-order valence-corrected chi connectivity index (χ3v) is 7.49. The zero-order valence-electron chi connectivity index (χ0n) is 23.5. The first-order valence-corrected chi connectivity index (χ1v) is 14.1. The highest BCUT2D eigenvalue weighted by Crippen LogP contribution is 2.48. The van der Waals surface area contributed by atoms with Gasteiger partial charge in [0.2, 0.25) is 17.7 Å². The van der Waals surface area contributed by atoms with Gasteiger partial charge in [0, 0.05) is 23.3 Å². The van der Waals surface area contributed by atoms with Crippen LogP contribution in [0.15, 0.2) is 91.3 Å². The van der Waals surface area contributed by atoms with Gasteiger partial charge in [0.05, 0.1) is 24.5 Å². The van der Waals surface area contributed by atoms with Crippen molar-refractivity contribution in [1.29, 1.82) is 0 Å². The van der Waals surface area contributed by atoms with Crippen molar-refractivity contribution < 1.29 is 28.2 Å². The van der Waals surface area contributed by atoms with Gasteiger partial charge in [-0.2, -0.15) is 0 Å². The molecule has 2 N–H and O–H groups in total. The zero-order chi connectivity index (χ0) is 30.7. The van der Waals surface area contributed by atoms with E-state index in [1.807, 2.05) is 30.3 Å². The number of methoxy groups -OCH3 is 1. The van der Waals surface area contributed by atoms with E-state index in [0.717, 1.165) is 5.56 Å². The monoisotopic (exact) mass is 612 g/mol. The summed E-state index contributed by atoms with van der Waals surface area (Å²) in [7, 11) is 1.55. The summed E-state index contributed by atoms with van der Waals surface area (Å²) >= 11 is 6.50. The molecule has 0 aliphatic heterocycles. The number of hydrogen-bond acceptors (Lipinski definition) is 7. The Bertz CT molecular complexity index is 1850. The second-order valence-corrected chi connectivity index (χ2v) is 10.6. The second kappa shape index (κ2) is 12.2. The lowest BCUT2D eigenvalue weighted by molar-refractivity contribution is -0.131. The van der Waals surface area contributed by atoms with E-state index in [2.05, 4.69) is 20.6 Å². The van der Waals surface area contributed by atoms with Crippen LogP contribution in [0.5, 0.6) is 23.1 Å². The summed E-state index contributed by atoms with van der Waals surface area (Å²) in [6, 6.07) is 21.8. The Morgan fingerprint density at radius 3 is 2.30 bits per heavy atom. The number of carbonyl (C=O) groups is 2. The minimum absolute atomic E-state index is 0.107. The van der Waals surface area contributed by atoms with E-state index in [-0.39, 0.29) is 10.9 Å². The van der Waals surface area contributed by atoms with Crippen LogP contribution in [0.1, 0.15) is 18.4 Å². The standard InChI is InChI=1S/C33H26ClFN4O5/c1-42-28-16-24-26(17-29(28)43-19-20-5-3-2-4-6-20)36-14-11-27(24)44-30-25(34)15-23(18-37-30)39-32(41)33(12-13-33)31(40)38-22-9-7-21(35)8-10-22/h2-11,14-18H,12-13,19H2,1H3,(H,38,40)(H,39,41). The number of anilines is 2. The first-order chi connectivity index (χ1) is 21.3. The number of benzene rings is 3. The number of nitrogens with one attached hydrogen (secondary N) is 2. The second-order valence-electron chi connectivity index (χ2n) is 10.2. The number of pyridine rings is 2. The topological polar surface area (TPSA) is 112 Å². The van der Waals surface area contributed by atoms with Crippen molar-refractivity contribution in [2.24, 2.45) is 5.41 Å². The van der Waals surface area contributed by atoms with Crippen molar-refractivity contribution in [2.45, 2.75) is 19.4 Å². The quantitative estimate of drug-likeness (QED) is 0.161. The molecule has 1 aliphatic carbocycles. The molecule has 1 aliphatic rings. The first-order valence-electron chi connectivity index (χ1n) is 13.7. The fourth-order valence-electron chi connectivity index (χ4n) is 4.61. The molecule has 44 heavy (non-hydrogen) atoms. The third kappa shape index (κ3) is 6.11. The number of ether oxygens (including phenoxy) is 3. The summed E-state index contributed by atoms with van der Waals surface area (Å²) in [6.45, 7) is 0.362. The lowest BCUT2D eigenvalue weighted by atomic mass is 10.0. The molecule has 0 bridgehead atoms. The number of fused-ring (bicyclic) bond motifs is 1. The molecule has 5 aromatic rings. The fourth-order valence-corrected chi connectivity index (χ4v) is 4.82. The minimum atomic E-state index is -1.23. The molecular weight excluding hydrogens is 587 g/mol. The van der Waals surface area contributed by atoms with Gasteiger partial charge in [0.15, 0.2) is 11.5 Å². The summed E-state index contributed by atoms with van der Waals surface area (Å²) in [5.74, 6) is 0.203. The number of halogens is 2. The number of hydrogen-bond donors (Lipinski definition) is 2. The summed E-state index contributed by atoms with van der Waals surface area (Å²) < 4.78 is 30.8. The Morgan fingerprint density at radius 2 is 1.61 bits per heavy atom. The zero-order valence-corrected chi connectivity index (χ0v) is 24.2. The highest BCUT2D eigenvalue weighted by molar-refractivity contribution is 6.32. The van der Waals surface area contributed by atoms with E-state index in [0.29, 0.717) is 59.0 Å². The maximum Gasteiger partial charge on any atom is 0.240 e. The summed E-state index contributed by atoms with van der Waals surface area (Å²) in [6.07, 6.45) is 3.75. The van der Waals surface area contributed by atoms with Crippen LogP contribution in [0.25, 0.3) is 10.9 Å². The Balaban J connectivity index is 1.15. The van der Waals surface area contributed by atoms with E-state index in [1.165, 1.54) is 36.5 Å². The molecule has 0 spiro atoms. The van der Waals surface area contributed by atoms with Gasteiger partial charge in [-0.05, 0) is 60.9 Å². The molecular formula is C33H26ClFN4O5. The average Bonchev–Trinajstić information content (AvgIpc) is 3.85. The molecule has 1 saturated carbocycles. The predicted molar refractivity (Wildman–Crippen MR) is 164 cm³/mol. The van der Waals surface area contributed by atoms with Crippen molar-refractivity contribution in [3.8, 4) is 23.1 Å². The van der Waals surface area contributed by atoms with Crippen molar-refractivity contribution in [3.63, 3.8) is 0 Å². The molecule has 2 heterocycles. The molecule has 9 nitrogen and oxygen atoms in total. The normalized spacial score (nSPS) is 13.2. The SMILES string of the molecule is COc1cc2c(Oc3ncc(NC(=O)C4(C(=O)Nc5ccc(F)cc5)CC4)cc3Cl)ccnc2cc1OCc1ccccc1. The van der Waals surface area contributed by atoms with Crippen LogP contribution in [0, 0.1) is 11.2 Å². The van der Waals surface area contributed by atoms with Crippen LogP contribution in [0.3, 0.4) is 0 Å². The molecule has 1 fully saturated rings. The number of amides is 2. The van der Waals surface area contributed by atoms with Crippen molar-refractivity contribution in [2.75, 3.05) is 17.7 Å². The Hall–Kier alpha value is -5.22. The third-order valence-electron chi connectivity index (χ3n) is 7.22. The summed E-state index contributed by atoms with van der Waals surface area (Å²) in [5.41, 5.74) is 1.10. The molecule has 0 saturated heterocycles. The largest absolute Gasteiger partial charge is 0.493 e. The Kier molecular flexibility index (Phi) is 7.99. The lowest BCUT2D eigenvalue weighted by Crippen LogP contribution is -2.35. The molecule has 3 aromatic carbocycles. The highest BCUT2D eigenvalue weighted by Gasteiger charge is 2.56. The maximum absolute atomic E-state index is 13.2. The van der Waals surface area contributed by atoms with Crippen LogP contribution in [0.4, 0.5) is 15.8 Å². The van der Waals surface area contributed by atoms with Crippen molar-refractivity contribution >= 4 is 45.7 Å². The van der Waals surface area contributed by atoms with Crippen molar-refractivity contribution in [1.82, 2.24) is 9.97 Å². The smallest absolute Gasteiger partial charge is 0.240 e. The number of rotatable bonds is 10. The summed E-state index contributed by atoms with van der Waals surface area (Å²) in [4.78, 5) is 34.7. The first kappa shape index (κ1) is 28.9. The van der Waals surface area contributed by atoms with Crippen molar-refractivity contribution in [3.05, 3.63) is 108 Å². The van der Waals surface area contributed by atoms with Gasteiger partial charge < -0.3 is 24.8 Å². The van der Waals surface area contributed by atoms with Crippen LogP contribution < -0.4 is 24.8 Å². The summed E-state index contributed by atoms with van der Waals surface area (Å²) in [5, 5.41) is 6.19. The molecule has 6 rings (SSSR count). The number of nitrogens with zero attached hydrogens (tertiary/aromatic N) is 2. The van der Waals surface area contributed by atoms with Crippen LogP contribution in [-0.4, -0.2) is 28.9 Å². The van der Waals surface area contributed by atoms with Gasteiger partial charge in [-0.15, -0.1) is 0 Å². The molecule has 2 aromatic heterocycles. The predicted octanol–water partition coefficient (Wildman–Crippen LogP) is 7.16. The Morgan fingerprint density at radius 1 is 0.886 bits per heavy atom. The highest BCUT2D eigenvalue weighted by atomic mass is 35.5. The molecule has 0 radical (unpaired) electrons. The number of aromatic nitrogens is 2. The van der Waals surface area contributed by atoms with E-state index in [1.54, 1.807) is 31.5 Å². The van der Waals surface area contributed by atoms with Gasteiger partial charge in [0.25, 0.3) is 0 Å². The maximum atomic E-state index is 13.2. The van der Waals surface area contributed by atoms with E-state index in [4.69, 9.17) is 25.8 Å². The van der Waals surface area contributed by atoms with Gasteiger partial charge in [-0.25, -0.2) is 9.37 Å². The van der Waals surface area contributed by atoms with Crippen LogP contribution >= 0.6 is 11.6 Å². The van der Waals surface area contributed by atoms with Gasteiger partial charge in [-0.1, -0.05) is 41.9 Å². The fraction of sp³-hybridized carbons (Fsp3) is 0.152. The minimum Gasteiger partial charge on any atom is -0.493 e. The number of carbonyl (C=O) groups excluding carboxylic acids is 2. The molecule has 11 heteroatoms.